The fraction of sp³-hybridized carbons (Fsp3) is 0.476. The Morgan fingerprint density at radius 1 is 1.09 bits per heavy atom. The number of benzene rings is 1. The van der Waals surface area contributed by atoms with Gasteiger partial charge >= 0.3 is 0 Å². The number of hydrogen-bond donors (Lipinski definition) is 0. The number of allylic oxidation sites excluding steroid dienone is 2. The Morgan fingerprint density at radius 3 is 2.41 bits per heavy atom. The van der Waals surface area contributed by atoms with E-state index in [0.717, 1.165) is 11.5 Å². The van der Waals surface area contributed by atoms with Gasteiger partial charge in [-0.05, 0) is 67.9 Å². The second-order valence-electron chi connectivity index (χ2n) is 6.24. The van der Waals surface area contributed by atoms with Crippen molar-refractivity contribution in [2.75, 3.05) is 0 Å². The molecule has 0 saturated heterocycles. The summed E-state index contributed by atoms with van der Waals surface area (Å²) in [5, 5.41) is 8.76. The summed E-state index contributed by atoms with van der Waals surface area (Å²) in [5.74, 6) is 7.93. The van der Waals surface area contributed by atoms with E-state index in [1.807, 2.05) is 30.3 Å². The molecule has 1 fully saturated rings. The standard InChI is InChI=1S/C21H25N/c1-2-3-6-18-9-11-19(12-10-18)7-4-5-8-20-13-15-21(17-22)16-14-20/h4,7,13-16,18-19H,2-3,6,9-12H2,1H3. The maximum atomic E-state index is 8.76. The molecule has 1 nitrogen and oxygen atoms in total. The maximum absolute atomic E-state index is 8.76. The molecule has 0 heterocycles. The number of rotatable bonds is 4. The van der Waals surface area contributed by atoms with Crippen LogP contribution in [0.1, 0.15) is 63.0 Å². The summed E-state index contributed by atoms with van der Waals surface area (Å²) in [7, 11) is 0. The van der Waals surface area contributed by atoms with Crippen LogP contribution in [0.4, 0.5) is 0 Å². The van der Waals surface area contributed by atoms with Gasteiger partial charge in [0, 0.05) is 5.56 Å². The predicted molar refractivity (Wildman–Crippen MR) is 92.1 cm³/mol. The van der Waals surface area contributed by atoms with E-state index in [1.54, 1.807) is 0 Å². The van der Waals surface area contributed by atoms with Crippen LogP contribution < -0.4 is 0 Å². The monoisotopic (exact) mass is 291 g/mol. The molecule has 1 saturated carbocycles. The fourth-order valence-corrected chi connectivity index (χ4v) is 3.10. The van der Waals surface area contributed by atoms with E-state index in [-0.39, 0.29) is 0 Å². The summed E-state index contributed by atoms with van der Waals surface area (Å²) in [6.45, 7) is 2.28. The van der Waals surface area contributed by atoms with E-state index < -0.39 is 0 Å². The van der Waals surface area contributed by atoms with Gasteiger partial charge in [-0.1, -0.05) is 44.1 Å². The van der Waals surface area contributed by atoms with Gasteiger partial charge in [-0.25, -0.2) is 0 Å². The maximum Gasteiger partial charge on any atom is 0.0991 e. The van der Waals surface area contributed by atoms with Crippen LogP contribution in [0.2, 0.25) is 0 Å². The van der Waals surface area contributed by atoms with E-state index in [1.165, 1.54) is 44.9 Å². The third kappa shape index (κ3) is 5.42. The lowest BCUT2D eigenvalue weighted by atomic mass is 9.80. The van der Waals surface area contributed by atoms with Crippen molar-refractivity contribution in [3.63, 3.8) is 0 Å². The van der Waals surface area contributed by atoms with Crippen LogP contribution in [0.3, 0.4) is 0 Å². The van der Waals surface area contributed by atoms with Crippen molar-refractivity contribution in [1.82, 2.24) is 0 Å². The van der Waals surface area contributed by atoms with E-state index >= 15 is 0 Å². The molecule has 22 heavy (non-hydrogen) atoms. The smallest absolute Gasteiger partial charge is 0.0991 e. The number of nitrogens with zero attached hydrogens (tertiary/aromatic N) is 1. The molecule has 0 aromatic heterocycles. The zero-order valence-electron chi connectivity index (χ0n) is 13.5. The molecule has 1 aromatic rings. The molecule has 0 N–H and O–H groups in total. The average Bonchev–Trinajstić information content (AvgIpc) is 2.58. The lowest BCUT2D eigenvalue weighted by Gasteiger charge is -2.26. The zero-order chi connectivity index (χ0) is 15.6. The normalized spacial score (nSPS) is 21.1. The van der Waals surface area contributed by atoms with Gasteiger partial charge in [0.2, 0.25) is 0 Å². The van der Waals surface area contributed by atoms with Gasteiger partial charge in [0.05, 0.1) is 11.6 Å². The second kappa shape index (κ2) is 9.11. The number of nitriles is 1. The minimum Gasteiger partial charge on any atom is -0.192 e. The molecular formula is C21H25N. The molecule has 0 radical (unpaired) electrons. The van der Waals surface area contributed by atoms with Crippen LogP contribution in [0, 0.1) is 35.0 Å². The summed E-state index contributed by atoms with van der Waals surface area (Å²) in [4.78, 5) is 0. The molecule has 0 amide bonds. The first-order valence-corrected chi connectivity index (χ1v) is 8.50. The third-order valence-corrected chi connectivity index (χ3v) is 4.54. The average molecular weight is 291 g/mol. The Balaban J connectivity index is 1.77. The molecule has 0 spiro atoms. The van der Waals surface area contributed by atoms with Crippen molar-refractivity contribution in [3.8, 4) is 17.9 Å². The Hall–Kier alpha value is -1.99. The molecule has 1 aliphatic rings. The zero-order valence-corrected chi connectivity index (χ0v) is 13.5. The van der Waals surface area contributed by atoms with Crippen LogP contribution in [0.5, 0.6) is 0 Å². The van der Waals surface area contributed by atoms with Gasteiger partial charge in [0.15, 0.2) is 0 Å². The quantitative estimate of drug-likeness (QED) is 0.675. The largest absolute Gasteiger partial charge is 0.192 e. The molecule has 0 unspecified atom stereocenters. The third-order valence-electron chi connectivity index (χ3n) is 4.54. The van der Waals surface area contributed by atoms with E-state index in [2.05, 4.69) is 30.9 Å². The van der Waals surface area contributed by atoms with Crippen LogP contribution >= 0.6 is 0 Å². The number of unbranched alkanes of at least 4 members (excludes halogenated alkanes) is 1. The lowest BCUT2D eigenvalue weighted by Crippen LogP contribution is -2.12. The van der Waals surface area contributed by atoms with E-state index in [9.17, 15) is 0 Å². The first-order valence-electron chi connectivity index (χ1n) is 8.50. The SMILES string of the molecule is CCCCC1CCC(C=CC#Cc2ccc(C#N)cc2)CC1. The van der Waals surface area contributed by atoms with Crippen molar-refractivity contribution in [1.29, 1.82) is 5.26 Å². The predicted octanol–water partition coefficient (Wildman–Crippen LogP) is 5.46. The van der Waals surface area contributed by atoms with E-state index in [0.29, 0.717) is 11.5 Å². The van der Waals surface area contributed by atoms with Gasteiger partial charge < -0.3 is 0 Å². The molecule has 1 aromatic carbocycles. The topological polar surface area (TPSA) is 23.8 Å². The van der Waals surface area contributed by atoms with Crippen molar-refractivity contribution in [2.24, 2.45) is 11.8 Å². The highest BCUT2D eigenvalue weighted by atomic mass is 14.2. The Bertz CT molecular complexity index is 569. The first-order chi connectivity index (χ1) is 10.8. The fourth-order valence-electron chi connectivity index (χ4n) is 3.10. The molecule has 1 aliphatic carbocycles. The van der Waals surface area contributed by atoms with Crippen LogP contribution in [-0.2, 0) is 0 Å². The minimum atomic E-state index is 0.681. The highest BCUT2D eigenvalue weighted by Gasteiger charge is 2.18. The first kappa shape index (κ1) is 16.4. The molecular weight excluding hydrogens is 266 g/mol. The summed E-state index contributed by atoms with van der Waals surface area (Å²) in [6.07, 6.45) is 13.8. The second-order valence-corrected chi connectivity index (χ2v) is 6.24. The van der Waals surface area contributed by atoms with Crippen LogP contribution in [0.15, 0.2) is 36.4 Å². The minimum absolute atomic E-state index is 0.681. The highest BCUT2D eigenvalue weighted by molar-refractivity contribution is 5.41. The van der Waals surface area contributed by atoms with Crippen molar-refractivity contribution in [3.05, 3.63) is 47.5 Å². The van der Waals surface area contributed by atoms with E-state index in [4.69, 9.17) is 5.26 Å². The summed E-state index contributed by atoms with van der Waals surface area (Å²) >= 11 is 0. The Labute approximate surface area is 135 Å². The molecule has 0 atom stereocenters. The molecule has 0 bridgehead atoms. The molecule has 0 aliphatic heterocycles. The van der Waals surface area contributed by atoms with Crippen molar-refractivity contribution in [2.45, 2.75) is 51.9 Å². The number of hydrogen-bond acceptors (Lipinski definition) is 1. The molecule has 1 heteroatoms. The molecule has 114 valence electrons. The lowest BCUT2D eigenvalue weighted by molar-refractivity contribution is 0.291. The Kier molecular flexibility index (Phi) is 6.79. The van der Waals surface area contributed by atoms with Crippen LogP contribution in [-0.4, -0.2) is 0 Å². The van der Waals surface area contributed by atoms with Gasteiger partial charge in [0.25, 0.3) is 0 Å². The van der Waals surface area contributed by atoms with Gasteiger partial charge in [-0.15, -0.1) is 0 Å². The van der Waals surface area contributed by atoms with Gasteiger partial charge in [-0.2, -0.15) is 5.26 Å². The summed E-state index contributed by atoms with van der Waals surface area (Å²) < 4.78 is 0. The highest BCUT2D eigenvalue weighted by Crippen LogP contribution is 2.32. The van der Waals surface area contributed by atoms with Crippen molar-refractivity contribution < 1.29 is 0 Å². The van der Waals surface area contributed by atoms with Gasteiger partial charge in [0.1, 0.15) is 0 Å². The van der Waals surface area contributed by atoms with Crippen molar-refractivity contribution >= 4 is 0 Å². The summed E-state index contributed by atoms with van der Waals surface area (Å²) in [6, 6.07) is 9.54. The van der Waals surface area contributed by atoms with Crippen LogP contribution in [0.25, 0.3) is 0 Å². The Morgan fingerprint density at radius 2 is 1.77 bits per heavy atom. The van der Waals surface area contributed by atoms with Gasteiger partial charge in [-0.3, -0.25) is 0 Å². The molecule has 2 rings (SSSR count). The summed E-state index contributed by atoms with van der Waals surface area (Å²) in [5.41, 5.74) is 1.65.